The van der Waals surface area contributed by atoms with E-state index in [1.807, 2.05) is 59.3 Å². The van der Waals surface area contributed by atoms with Crippen molar-refractivity contribution >= 4 is 17.1 Å². The van der Waals surface area contributed by atoms with Gasteiger partial charge in [0.15, 0.2) is 0 Å². The number of fused-ring (bicyclic) bond motifs is 1. The Bertz CT molecular complexity index is 781. The van der Waals surface area contributed by atoms with E-state index in [0.29, 0.717) is 6.54 Å². The molecule has 3 rings (SSSR count). The zero-order valence-electron chi connectivity index (χ0n) is 12.2. The predicted octanol–water partition coefficient (Wildman–Crippen LogP) is 3.62. The molecule has 0 fully saturated rings. The number of aromatic nitrogens is 2. The fourth-order valence-electron chi connectivity index (χ4n) is 2.28. The number of benzene rings is 2. The Labute approximate surface area is 128 Å². The van der Waals surface area contributed by atoms with Crippen LogP contribution < -0.4 is 4.74 Å². The highest BCUT2D eigenvalue weighted by Gasteiger charge is 2.15. The van der Waals surface area contributed by atoms with E-state index in [-0.39, 0.29) is 12.5 Å². The fourth-order valence-corrected chi connectivity index (χ4v) is 2.28. The summed E-state index contributed by atoms with van der Waals surface area (Å²) in [6.45, 7) is 2.60. The van der Waals surface area contributed by atoms with Gasteiger partial charge in [0.25, 0.3) is 5.88 Å². The van der Waals surface area contributed by atoms with Gasteiger partial charge in [-0.2, -0.15) is 0 Å². The second-order valence-electron chi connectivity index (χ2n) is 4.75. The first-order chi connectivity index (χ1) is 10.8. The summed E-state index contributed by atoms with van der Waals surface area (Å²) >= 11 is 0. The molecule has 0 radical (unpaired) electrons. The van der Waals surface area contributed by atoms with E-state index < -0.39 is 6.16 Å². The molecule has 5 heteroatoms. The zero-order valence-corrected chi connectivity index (χ0v) is 12.2. The van der Waals surface area contributed by atoms with Crippen molar-refractivity contribution < 1.29 is 14.3 Å². The molecule has 0 unspecified atom stereocenters. The van der Waals surface area contributed by atoms with Crippen molar-refractivity contribution in [2.24, 2.45) is 0 Å². The minimum atomic E-state index is -0.738. The minimum Gasteiger partial charge on any atom is -0.434 e. The first-order valence-corrected chi connectivity index (χ1v) is 7.12. The van der Waals surface area contributed by atoms with Crippen LogP contribution in [0.25, 0.3) is 10.9 Å². The highest BCUT2D eigenvalue weighted by molar-refractivity contribution is 5.86. The molecule has 0 saturated heterocycles. The third-order valence-corrected chi connectivity index (χ3v) is 3.24. The van der Waals surface area contributed by atoms with E-state index >= 15 is 0 Å². The summed E-state index contributed by atoms with van der Waals surface area (Å²) in [5.41, 5.74) is 2.03. The molecule has 112 valence electrons. The maximum Gasteiger partial charge on any atom is 0.515 e. The Morgan fingerprint density at radius 3 is 2.59 bits per heavy atom. The molecule has 0 amide bonds. The molecule has 0 saturated carbocycles. The van der Waals surface area contributed by atoms with Crippen molar-refractivity contribution in [3.8, 4) is 5.88 Å². The smallest absolute Gasteiger partial charge is 0.434 e. The Balaban J connectivity index is 1.95. The largest absolute Gasteiger partial charge is 0.515 e. The summed E-state index contributed by atoms with van der Waals surface area (Å²) in [5, 5.41) is 5.18. The summed E-state index contributed by atoms with van der Waals surface area (Å²) < 4.78 is 11.8. The van der Waals surface area contributed by atoms with Crippen molar-refractivity contribution in [2.75, 3.05) is 6.61 Å². The van der Waals surface area contributed by atoms with Crippen LogP contribution in [0.2, 0.25) is 0 Å². The van der Waals surface area contributed by atoms with E-state index in [9.17, 15) is 4.79 Å². The molecule has 22 heavy (non-hydrogen) atoms. The van der Waals surface area contributed by atoms with Gasteiger partial charge in [0.1, 0.15) is 0 Å². The maximum absolute atomic E-state index is 11.5. The summed E-state index contributed by atoms with van der Waals surface area (Å²) in [6, 6.07) is 17.6. The normalized spacial score (nSPS) is 10.6. The van der Waals surface area contributed by atoms with E-state index in [4.69, 9.17) is 9.47 Å². The first kappa shape index (κ1) is 14.1. The van der Waals surface area contributed by atoms with E-state index in [1.54, 1.807) is 6.92 Å². The van der Waals surface area contributed by atoms with Gasteiger partial charge < -0.3 is 9.47 Å². The van der Waals surface area contributed by atoms with Gasteiger partial charge in [0.2, 0.25) is 0 Å². The standard InChI is InChI=1S/C17H16N2O3/c1-2-21-17(20)22-16-14-10-6-7-11-15(14)19(18-16)12-13-8-4-3-5-9-13/h3-11H,2,12H2,1H3. The lowest BCUT2D eigenvalue weighted by Crippen LogP contribution is -2.11. The Morgan fingerprint density at radius 1 is 1.09 bits per heavy atom. The van der Waals surface area contributed by atoms with Gasteiger partial charge in [-0.3, -0.25) is 4.68 Å². The van der Waals surface area contributed by atoms with Gasteiger partial charge in [-0.15, -0.1) is 5.10 Å². The average Bonchev–Trinajstić information content (AvgIpc) is 2.87. The molecular weight excluding hydrogens is 280 g/mol. The molecule has 0 spiro atoms. The van der Waals surface area contributed by atoms with Gasteiger partial charge in [-0.1, -0.05) is 42.5 Å². The molecule has 0 aliphatic heterocycles. The van der Waals surface area contributed by atoms with Crippen molar-refractivity contribution in [3.63, 3.8) is 0 Å². The summed E-state index contributed by atoms with van der Waals surface area (Å²) in [7, 11) is 0. The molecule has 0 N–H and O–H groups in total. The third-order valence-electron chi connectivity index (χ3n) is 3.24. The molecule has 5 nitrogen and oxygen atoms in total. The van der Waals surface area contributed by atoms with Gasteiger partial charge in [0.05, 0.1) is 24.1 Å². The monoisotopic (exact) mass is 296 g/mol. The van der Waals surface area contributed by atoms with Crippen LogP contribution in [0.1, 0.15) is 12.5 Å². The van der Waals surface area contributed by atoms with E-state index in [2.05, 4.69) is 5.10 Å². The van der Waals surface area contributed by atoms with Crippen molar-refractivity contribution in [1.82, 2.24) is 9.78 Å². The molecule has 3 aromatic rings. The SMILES string of the molecule is CCOC(=O)Oc1nn(Cc2ccccc2)c2ccccc12. The van der Waals surface area contributed by atoms with Crippen LogP contribution in [0.4, 0.5) is 4.79 Å². The number of para-hydroxylation sites is 1. The molecule has 0 bridgehead atoms. The lowest BCUT2D eigenvalue weighted by Gasteiger charge is -2.03. The van der Waals surface area contributed by atoms with Crippen molar-refractivity contribution in [2.45, 2.75) is 13.5 Å². The number of nitrogens with zero attached hydrogens (tertiary/aromatic N) is 2. The molecule has 1 aromatic heterocycles. The van der Waals surface area contributed by atoms with Gasteiger partial charge in [0, 0.05) is 0 Å². The van der Waals surface area contributed by atoms with Gasteiger partial charge in [-0.25, -0.2) is 4.79 Å². The number of ether oxygens (including phenoxy) is 2. The Kier molecular flexibility index (Phi) is 4.05. The second-order valence-corrected chi connectivity index (χ2v) is 4.75. The van der Waals surface area contributed by atoms with E-state index in [0.717, 1.165) is 16.5 Å². The Hall–Kier alpha value is -2.82. The predicted molar refractivity (Wildman–Crippen MR) is 82.9 cm³/mol. The zero-order chi connectivity index (χ0) is 15.4. The first-order valence-electron chi connectivity index (χ1n) is 7.12. The fraction of sp³-hybridized carbons (Fsp3) is 0.176. The van der Waals surface area contributed by atoms with Crippen LogP contribution >= 0.6 is 0 Å². The summed E-state index contributed by atoms with van der Waals surface area (Å²) in [5.74, 6) is 0.269. The molecule has 0 atom stereocenters. The molecule has 0 aliphatic carbocycles. The minimum absolute atomic E-state index is 0.265. The average molecular weight is 296 g/mol. The highest BCUT2D eigenvalue weighted by atomic mass is 16.7. The molecule has 2 aromatic carbocycles. The molecule has 0 aliphatic rings. The lowest BCUT2D eigenvalue weighted by molar-refractivity contribution is 0.103. The maximum atomic E-state index is 11.5. The second kappa shape index (κ2) is 6.30. The number of hydrogen-bond acceptors (Lipinski definition) is 4. The van der Waals surface area contributed by atoms with Crippen LogP contribution in [-0.2, 0) is 11.3 Å². The lowest BCUT2D eigenvalue weighted by atomic mass is 10.2. The van der Waals surface area contributed by atoms with Crippen molar-refractivity contribution in [3.05, 3.63) is 60.2 Å². The van der Waals surface area contributed by atoms with Crippen molar-refractivity contribution in [1.29, 1.82) is 0 Å². The highest BCUT2D eigenvalue weighted by Crippen LogP contribution is 2.25. The molecular formula is C17H16N2O3. The number of hydrogen-bond donors (Lipinski definition) is 0. The Morgan fingerprint density at radius 2 is 1.82 bits per heavy atom. The van der Waals surface area contributed by atoms with Crippen LogP contribution in [0.15, 0.2) is 54.6 Å². The summed E-state index contributed by atoms with van der Waals surface area (Å²) in [6.07, 6.45) is -0.738. The van der Waals surface area contributed by atoms with Gasteiger partial charge >= 0.3 is 6.16 Å². The molecule has 1 heterocycles. The quantitative estimate of drug-likeness (QED) is 0.690. The van der Waals surface area contributed by atoms with E-state index in [1.165, 1.54) is 0 Å². The summed E-state index contributed by atoms with van der Waals surface area (Å²) in [4.78, 5) is 11.5. The van der Waals surface area contributed by atoms with Crippen LogP contribution in [-0.4, -0.2) is 22.5 Å². The van der Waals surface area contributed by atoms with Crippen LogP contribution in [0.5, 0.6) is 5.88 Å². The number of carbonyl (C=O) groups excluding carboxylic acids is 1. The van der Waals surface area contributed by atoms with Gasteiger partial charge in [-0.05, 0) is 24.6 Å². The topological polar surface area (TPSA) is 53.4 Å². The number of rotatable bonds is 4. The van der Waals surface area contributed by atoms with Crippen LogP contribution in [0.3, 0.4) is 0 Å². The number of carbonyl (C=O) groups is 1. The third kappa shape index (κ3) is 2.93. The van der Waals surface area contributed by atoms with Crippen LogP contribution in [0, 0.1) is 0 Å².